The molecular formula is C40H41N7O5. The van der Waals surface area contributed by atoms with Crippen molar-refractivity contribution in [1.82, 2.24) is 35.1 Å². The molecule has 2 aromatic heterocycles. The van der Waals surface area contributed by atoms with Gasteiger partial charge in [0, 0.05) is 19.7 Å². The van der Waals surface area contributed by atoms with Gasteiger partial charge in [-0.2, -0.15) is 0 Å². The van der Waals surface area contributed by atoms with Gasteiger partial charge in [0.1, 0.15) is 23.8 Å². The number of imidazole rings is 2. The Bertz CT molecular complexity index is 2040. The van der Waals surface area contributed by atoms with E-state index >= 15 is 0 Å². The molecule has 5 aromatic rings. The number of aromatic amines is 2. The lowest BCUT2D eigenvalue weighted by Gasteiger charge is -2.28. The molecule has 3 aromatic carbocycles. The first-order chi connectivity index (χ1) is 25.4. The number of hydrogen-bond donors (Lipinski definition) is 4. The third-order valence-corrected chi connectivity index (χ3v) is 10.5. The van der Waals surface area contributed by atoms with Gasteiger partial charge in [0.05, 0.1) is 35.9 Å². The van der Waals surface area contributed by atoms with Crippen LogP contribution in [0.25, 0.3) is 33.6 Å². The number of hydrogen-bond acceptors (Lipinski definition) is 6. The molecule has 0 radical (unpaired) electrons. The number of rotatable bonds is 9. The summed E-state index contributed by atoms with van der Waals surface area (Å²) in [7, 11) is 0. The van der Waals surface area contributed by atoms with Crippen molar-refractivity contribution in [1.29, 1.82) is 0 Å². The summed E-state index contributed by atoms with van der Waals surface area (Å²) in [5, 5.41) is 11.9. The van der Waals surface area contributed by atoms with Gasteiger partial charge in [-0.15, -0.1) is 0 Å². The number of amides is 3. The van der Waals surface area contributed by atoms with Crippen LogP contribution in [0.1, 0.15) is 73.9 Å². The molecule has 0 saturated carbocycles. The first-order valence-electron chi connectivity index (χ1n) is 18.0. The second-order valence-electron chi connectivity index (χ2n) is 13.7. The van der Waals surface area contributed by atoms with E-state index in [0.717, 1.165) is 84.5 Å². The van der Waals surface area contributed by atoms with Crippen LogP contribution in [-0.2, 0) is 14.3 Å². The van der Waals surface area contributed by atoms with Crippen LogP contribution in [0.2, 0.25) is 0 Å². The largest absolute Gasteiger partial charge is 0.465 e. The molecule has 3 aliphatic rings. The molecule has 0 bridgehead atoms. The quantitative estimate of drug-likeness (QED) is 0.134. The molecule has 3 saturated heterocycles. The van der Waals surface area contributed by atoms with Gasteiger partial charge in [0.15, 0.2) is 0 Å². The monoisotopic (exact) mass is 699 g/mol. The van der Waals surface area contributed by atoms with Crippen molar-refractivity contribution in [3.63, 3.8) is 0 Å². The Morgan fingerprint density at radius 1 is 0.712 bits per heavy atom. The lowest BCUT2D eigenvalue weighted by Crippen LogP contribution is -2.42. The molecule has 8 rings (SSSR count). The lowest BCUT2D eigenvalue weighted by molar-refractivity contribution is -0.142. The van der Waals surface area contributed by atoms with Crippen LogP contribution in [0.15, 0.2) is 91.3 Å². The zero-order valence-electron chi connectivity index (χ0n) is 28.7. The average molecular weight is 700 g/mol. The van der Waals surface area contributed by atoms with E-state index in [2.05, 4.69) is 61.7 Å². The van der Waals surface area contributed by atoms with Gasteiger partial charge in [-0.25, -0.2) is 14.8 Å². The van der Waals surface area contributed by atoms with Gasteiger partial charge in [-0.05, 0) is 66.3 Å². The summed E-state index contributed by atoms with van der Waals surface area (Å²) >= 11 is 0. The molecule has 0 aliphatic carbocycles. The van der Waals surface area contributed by atoms with E-state index in [0.29, 0.717) is 24.5 Å². The van der Waals surface area contributed by atoms with E-state index in [4.69, 9.17) is 4.74 Å². The highest BCUT2D eigenvalue weighted by atomic mass is 16.5. The number of ether oxygens (including phenoxy) is 1. The van der Waals surface area contributed by atoms with Crippen LogP contribution in [0, 0.1) is 0 Å². The van der Waals surface area contributed by atoms with Crippen LogP contribution in [0.3, 0.4) is 0 Å². The first-order valence-corrected chi connectivity index (χ1v) is 18.0. The van der Waals surface area contributed by atoms with Crippen molar-refractivity contribution in [3.8, 4) is 33.6 Å². The minimum atomic E-state index is -1.25. The molecule has 12 heteroatoms. The molecule has 52 heavy (non-hydrogen) atoms. The summed E-state index contributed by atoms with van der Waals surface area (Å²) in [5.74, 6) is 1.29. The Morgan fingerprint density at radius 3 is 1.79 bits per heavy atom. The number of likely N-dealkylation sites (tertiary alicyclic amines) is 2. The number of carbonyl (C=O) groups excluding carboxylic acids is 2. The van der Waals surface area contributed by atoms with Gasteiger partial charge < -0.3 is 34.9 Å². The van der Waals surface area contributed by atoms with Crippen molar-refractivity contribution < 1.29 is 24.2 Å². The molecule has 3 amide bonds. The topological polar surface area (TPSA) is 157 Å². The third kappa shape index (κ3) is 6.69. The highest BCUT2D eigenvalue weighted by Crippen LogP contribution is 2.36. The Hall–Kier alpha value is -5.75. The fourth-order valence-electron chi connectivity index (χ4n) is 7.80. The molecule has 4 atom stereocenters. The predicted molar refractivity (Wildman–Crippen MR) is 194 cm³/mol. The Balaban J connectivity index is 0.930. The lowest BCUT2D eigenvalue weighted by atomic mass is 10.0. The van der Waals surface area contributed by atoms with Crippen LogP contribution in [0.4, 0.5) is 4.79 Å². The maximum Gasteiger partial charge on any atom is 0.405 e. The van der Waals surface area contributed by atoms with E-state index in [9.17, 15) is 19.5 Å². The molecule has 0 spiro atoms. The fraction of sp³-hybridized carbons (Fsp3) is 0.325. The number of nitrogens with one attached hydrogen (secondary N) is 3. The second kappa shape index (κ2) is 14.5. The zero-order valence-corrected chi connectivity index (χ0v) is 28.7. The number of carbonyl (C=O) groups is 3. The molecule has 266 valence electrons. The Labute approximate surface area is 301 Å². The molecular weight excluding hydrogens is 658 g/mol. The second-order valence-corrected chi connectivity index (χ2v) is 13.7. The summed E-state index contributed by atoms with van der Waals surface area (Å²) in [6, 6.07) is 24.2. The summed E-state index contributed by atoms with van der Waals surface area (Å²) < 4.78 is 5.67. The van der Waals surface area contributed by atoms with Crippen LogP contribution in [0.5, 0.6) is 0 Å². The number of carboxylic acid groups (broad SMARTS) is 1. The summed E-state index contributed by atoms with van der Waals surface area (Å²) in [6.07, 6.45) is 7.16. The number of H-pyrrole nitrogens is 2. The minimum absolute atomic E-state index is 0.0538. The van der Waals surface area contributed by atoms with Crippen LogP contribution >= 0.6 is 0 Å². The average Bonchev–Trinajstić information content (AvgIpc) is 4.03. The minimum Gasteiger partial charge on any atom is -0.465 e. The smallest absolute Gasteiger partial charge is 0.405 e. The molecule has 5 heterocycles. The highest BCUT2D eigenvalue weighted by Gasteiger charge is 2.38. The van der Waals surface area contributed by atoms with E-state index in [1.807, 2.05) is 29.3 Å². The van der Waals surface area contributed by atoms with E-state index < -0.39 is 12.1 Å². The van der Waals surface area contributed by atoms with Crippen molar-refractivity contribution in [2.75, 3.05) is 19.7 Å². The fourth-order valence-corrected chi connectivity index (χ4v) is 7.80. The molecule has 4 N–H and O–H groups in total. The van der Waals surface area contributed by atoms with Gasteiger partial charge in [0.25, 0.3) is 11.8 Å². The third-order valence-electron chi connectivity index (χ3n) is 10.5. The number of nitrogens with zero attached hydrogens (tertiary/aromatic N) is 4. The molecule has 3 aliphatic heterocycles. The number of aromatic nitrogens is 4. The maximum absolute atomic E-state index is 13.7. The van der Waals surface area contributed by atoms with Crippen molar-refractivity contribution in [3.05, 3.63) is 108 Å². The summed E-state index contributed by atoms with van der Waals surface area (Å²) in [6.45, 7) is 1.91. The van der Waals surface area contributed by atoms with Gasteiger partial charge in [0.2, 0.25) is 0 Å². The van der Waals surface area contributed by atoms with Crippen LogP contribution < -0.4 is 5.32 Å². The van der Waals surface area contributed by atoms with Crippen molar-refractivity contribution in [2.45, 2.75) is 62.8 Å². The Morgan fingerprint density at radius 2 is 1.25 bits per heavy atom. The normalized spacial score (nSPS) is 20.7. The first kappa shape index (κ1) is 33.4. The summed E-state index contributed by atoms with van der Waals surface area (Å²) in [5.41, 5.74) is 6.49. The van der Waals surface area contributed by atoms with Gasteiger partial charge >= 0.3 is 6.09 Å². The van der Waals surface area contributed by atoms with Gasteiger partial charge in [-0.3, -0.25) is 9.59 Å². The Kier molecular flexibility index (Phi) is 9.29. The van der Waals surface area contributed by atoms with E-state index in [-0.39, 0.29) is 30.0 Å². The number of benzene rings is 3. The summed E-state index contributed by atoms with van der Waals surface area (Å²) in [4.78, 5) is 58.3. The predicted octanol–water partition coefficient (Wildman–Crippen LogP) is 6.65. The maximum atomic E-state index is 13.7. The van der Waals surface area contributed by atoms with Crippen LogP contribution in [-0.4, -0.2) is 78.6 Å². The molecule has 12 nitrogen and oxygen atoms in total. The van der Waals surface area contributed by atoms with Crippen molar-refractivity contribution in [2.24, 2.45) is 0 Å². The standard InChI is InChI=1S/C40H41N7O5/c48-38(34-11-6-22-52-34)46-20-4-9-32(46)36-41-23-30(43-36)27-16-12-25(13-17-27)26-14-18-28(19-15-26)31-24-42-37(44-31)33-10-5-21-47(33)39(49)35(45-40(50)51)29-7-2-1-3-8-29/h1-3,7-8,12-19,23-24,32-35,45H,4-6,9-11,20-22H2,(H,41,43)(H,42,44)(H,50,51)/t32-,33-,34-,35+/m0/s1. The van der Waals surface area contributed by atoms with Crippen molar-refractivity contribution >= 4 is 17.9 Å². The van der Waals surface area contributed by atoms with E-state index in [1.165, 1.54) is 0 Å². The SMILES string of the molecule is O=C(O)N[C@@H](C(=O)N1CCC[C@H]1c1ncc(-c2ccc(-c3ccc(-c4cnc([C@@H]5CCCN5C(=O)[C@@H]5CCCO5)[nH]4)cc3)cc2)[nH]1)c1ccccc1. The highest BCUT2D eigenvalue weighted by molar-refractivity contribution is 5.87. The molecule has 0 unspecified atom stereocenters. The van der Waals surface area contributed by atoms with E-state index in [1.54, 1.807) is 35.4 Å². The van der Waals surface area contributed by atoms with Gasteiger partial charge in [-0.1, -0.05) is 78.9 Å². The molecule has 3 fully saturated rings. The zero-order chi connectivity index (χ0) is 35.6.